The molecule has 0 saturated carbocycles. The zero-order chi connectivity index (χ0) is 14.6. The molecular formula is C13H23N3O2S. The van der Waals surface area contributed by atoms with Crippen molar-refractivity contribution in [3.63, 3.8) is 0 Å². The Morgan fingerprint density at radius 1 is 1.47 bits per heavy atom. The molecule has 1 heterocycles. The minimum absolute atomic E-state index is 0.139. The number of hydrogen-bond donors (Lipinski definition) is 3. The molecule has 5 nitrogen and oxygen atoms in total. The molecule has 0 aliphatic rings. The molecule has 0 aromatic carbocycles. The highest BCUT2D eigenvalue weighted by Gasteiger charge is 2.21. The Kier molecular flexibility index (Phi) is 5.31. The van der Waals surface area contributed by atoms with Gasteiger partial charge in [0.1, 0.15) is 0 Å². The number of nitrogens with one attached hydrogen (secondary N) is 2. The van der Waals surface area contributed by atoms with Crippen molar-refractivity contribution in [2.75, 3.05) is 11.9 Å². The van der Waals surface area contributed by atoms with Gasteiger partial charge in [0.25, 0.3) is 0 Å². The zero-order valence-electron chi connectivity index (χ0n) is 12.2. The number of aliphatic hydroxyl groups is 1. The first-order chi connectivity index (χ1) is 8.69. The molecule has 6 heteroatoms. The number of nitrogens with zero attached hydrogens (tertiary/aromatic N) is 1. The van der Waals surface area contributed by atoms with E-state index in [4.69, 9.17) is 0 Å². The molecular weight excluding hydrogens is 262 g/mol. The van der Waals surface area contributed by atoms with Crippen molar-refractivity contribution < 1.29 is 9.90 Å². The van der Waals surface area contributed by atoms with E-state index in [-0.39, 0.29) is 17.6 Å². The van der Waals surface area contributed by atoms with E-state index in [1.807, 2.05) is 27.7 Å². The number of thiazole rings is 1. The number of aryl methyl sites for hydroxylation is 2. The van der Waals surface area contributed by atoms with Gasteiger partial charge < -0.3 is 10.4 Å². The maximum Gasteiger partial charge on any atom is 0.321 e. The van der Waals surface area contributed by atoms with Crippen LogP contribution in [0.1, 0.15) is 37.8 Å². The largest absolute Gasteiger partial charge is 0.393 e. The monoisotopic (exact) mass is 285 g/mol. The second-order valence-corrected chi connectivity index (χ2v) is 6.89. The van der Waals surface area contributed by atoms with E-state index in [1.54, 1.807) is 6.92 Å². The van der Waals surface area contributed by atoms with Crippen LogP contribution in [0.5, 0.6) is 0 Å². The van der Waals surface area contributed by atoms with Gasteiger partial charge in [-0.2, -0.15) is 0 Å². The van der Waals surface area contributed by atoms with Crippen molar-refractivity contribution in [2.45, 2.75) is 47.1 Å². The lowest BCUT2D eigenvalue weighted by molar-refractivity contribution is 0.129. The number of aliphatic hydroxyl groups excluding tert-OH is 1. The Labute approximate surface area is 118 Å². The number of urea groups is 1. The van der Waals surface area contributed by atoms with Crippen LogP contribution >= 0.6 is 11.3 Å². The average molecular weight is 285 g/mol. The van der Waals surface area contributed by atoms with Gasteiger partial charge in [0.05, 0.1) is 11.8 Å². The highest BCUT2D eigenvalue weighted by molar-refractivity contribution is 7.15. The van der Waals surface area contributed by atoms with E-state index in [1.165, 1.54) is 11.3 Å². The topological polar surface area (TPSA) is 74.2 Å². The molecule has 0 spiro atoms. The van der Waals surface area contributed by atoms with Gasteiger partial charge in [-0.15, -0.1) is 11.3 Å². The Balaban J connectivity index is 2.43. The summed E-state index contributed by atoms with van der Waals surface area (Å²) in [5.74, 6) is 0. The first-order valence-electron chi connectivity index (χ1n) is 6.36. The van der Waals surface area contributed by atoms with Gasteiger partial charge in [0.2, 0.25) is 0 Å². The normalized spacial score (nSPS) is 13.2. The Bertz CT molecular complexity index is 422. The first kappa shape index (κ1) is 15.9. The Morgan fingerprint density at radius 2 is 2.11 bits per heavy atom. The number of carbonyl (C=O) groups is 1. The molecule has 1 aromatic rings. The van der Waals surface area contributed by atoms with Crippen molar-refractivity contribution in [3.05, 3.63) is 10.6 Å². The molecule has 0 bridgehead atoms. The van der Waals surface area contributed by atoms with E-state index in [2.05, 4.69) is 15.6 Å². The number of hydrogen-bond acceptors (Lipinski definition) is 4. The molecule has 0 saturated heterocycles. The van der Waals surface area contributed by atoms with Crippen LogP contribution in [0.2, 0.25) is 0 Å². The third-order valence-electron chi connectivity index (χ3n) is 2.82. The fourth-order valence-electron chi connectivity index (χ4n) is 1.86. The van der Waals surface area contributed by atoms with Gasteiger partial charge in [0, 0.05) is 11.4 Å². The quantitative estimate of drug-likeness (QED) is 0.778. The van der Waals surface area contributed by atoms with Crippen molar-refractivity contribution in [1.82, 2.24) is 10.3 Å². The lowest BCUT2D eigenvalue weighted by Crippen LogP contribution is -2.38. The van der Waals surface area contributed by atoms with Crippen LogP contribution in [-0.4, -0.2) is 28.8 Å². The summed E-state index contributed by atoms with van der Waals surface area (Å²) in [5, 5.41) is 15.5. The SMILES string of the molecule is Cc1nc(NC(=O)NCC(C)(C)C[C@@H](C)O)sc1C. The Morgan fingerprint density at radius 3 is 2.58 bits per heavy atom. The number of aromatic nitrogens is 1. The van der Waals surface area contributed by atoms with Crippen LogP contribution in [-0.2, 0) is 0 Å². The Hall–Kier alpha value is -1.14. The van der Waals surface area contributed by atoms with Gasteiger partial charge in [0.15, 0.2) is 5.13 Å². The van der Waals surface area contributed by atoms with Gasteiger partial charge in [-0.3, -0.25) is 5.32 Å². The number of amides is 2. The number of carbonyl (C=O) groups excluding carboxylic acids is 1. The lowest BCUT2D eigenvalue weighted by Gasteiger charge is -2.26. The molecule has 0 radical (unpaired) electrons. The number of anilines is 1. The molecule has 0 aliphatic heterocycles. The van der Waals surface area contributed by atoms with Gasteiger partial charge in [-0.05, 0) is 32.6 Å². The minimum atomic E-state index is -0.371. The number of rotatable bonds is 5. The molecule has 1 aromatic heterocycles. The predicted molar refractivity (Wildman–Crippen MR) is 78.7 cm³/mol. The van der Waals surface area contributed by atoms with Crippen LogP contribution in [0, 0.1) is 19.3 Å². The van der Waals surface area contributed by atoms with Crippen LogP contribution < -0.4 is 10.6 Å². The molecule has 1 atom stereocenters. The van der Waals surface area contributed by atoms with Crippen LogP contribution in [0.25, 0.3) is 0 Å². The average Bonchev–Trinajstić information content (AvgIpc) is 2.53. The molecule has 19 heavy (non-hydrogen) atoms. The van der Waals surface area contributed by atoms with E-state index in [0.29, 0.717) is 18.1 Å². The summed E-state index contributed by atoms with van der Waals surface area (Å²) in [5.41, 5.74) is 0.801. The third kappa shape index (κ3) is 5.57. The molecule has 1 rings (SSSR count). The van der Waals surface area contributed by atoms with Crippen LogP contribution in [0.4, 0.5) is 9.93 Å². The van der Waals surface area contributed by atoms with E-state index >= 15 is 0 Å². The molecule has 3 N–H and O–H groups in total. The van der Waals surface area contributed by atoms with Crippen molar-refractivity contribution in [3.8, 4) is 0 Å². The molecule has 2 amide bonds. The second kappa shape index (κ2) is 6.34. The van der Waals surface area contributed by atoms with E-state index in [9.17, 15) is 9.90 Å². The summed E-state index contributed by atoms with van der Waals surface area (Å²) in [6.07, 6.45) is 0.270. The maximum absolute atomic E-state index is 11.7. The van der Waals surface area contributed by atoms with Crippen LogP contribution in [0.15, 0.2) is 0 Å². The van der Waals surface area contributed by atoms with E-state index in [0.717, 1.165) is 10.6 Å². The highest BCUT2D eigenvalue weighted by atomic mass is 32.1. The lowest BCUT2D eigenvalue weighted by atomic mass is 9.87. The van der Waals surface area contributed by atoms with Crippen molar-refractivity contribution >= 4 is 22.5 Å². The second-order valence-electron chi connectivity index (χ2n) is 5.69. The predicted octanol–water partition coefficient (Wildman–Crippen LogP) is 2.68. The summed E-state index contributed by atoms with van der Waals surface area (Å²) < 4.78 is 0. The molecule has 108 valence electrons. The fourth-order valence-corrected chi connectivity index (χ4v) is 2.67. The zero-order valence-corrected chi connectivity index (χ0v) is 13.0. The first-order valence-corrected chi connectivity index (χ1v) is 7.18. The summed E-state index contributed by atoms with van der Waals surface area (Å²) in [6.45, 7) is 10.2. The van der Waals surface area contributed by atoms with E-state index < -0.39 is 0 Å². The summed E-state index contributed by atoms with van der Waals surface area (Å²) in [7, 11) is 0. The molecule has 0 fully saturated rings. The smallest absolute Gasteiger partial charge is 0.321 e. The standard InChI is InChI=1S/C13H23N3O2S/c1-8(17)6-13(4,5)7-14-11(18)16-12-15-9(2)10(3)19-12/h8,17H,6-7H2,1-5H3,(H2,14,15,16,18)/t8-/m1/s1. The fraction of sp³-hybridized carbons (Fsp3) is 0.692. The van der Waals surface area contributed by atoms with Crippen molar-refractivity contribution in [2.24, 2.45) is 5.41 Å². The summed E-state index contributed by atoms with van der Waals surface area (Å²) >= 11 is 1.46. The molecule has 0 unspecified atom stereocenters. The minimum Gasteiger partial charge on any atom is -0.393 e. The highest BCUT2D eigenvalue weighted by Crippen LogP contribution is 2.22. The summed E-state index contributed by atoms with van der Waals surface area (Å²) in [6, 6.07) is -0.257. The maximum atomic E-state index is 11.7. The van der Waals surface area contributed by atoms with Gasteiger partial charge in [-0.1, -0.05) is 13.8 Å². The third-order valence-corrected chi connectivity index (χ3v) is 3.81. The van der Waals surface area contributed by atoms with Gasteiger partial charge >= 0.3 is 6.03 Å². The van der Waals surface area contributed by atoms with Crippen LogP contribution in [0.3, 0.4) is 0 Å². The summed E-state index contributed by atoms with van der Waals surface area (Å²) in [4.78, 5) is 17.1. The molecule has 0 aliphatic carbocycles. The van der Waals surface area contributed by atoms with Gasteiger partial charge in [-0.25, -0.2) is 9.78 Å². The van der Waals surface area contributed by atoms with Crippen molar-refractivity contribution in [1.29, 1.82) is 0 Å².